The number of likely N-dealkylation sites (N-methyl/N-ethyl adjacent to an activating group) is 1. The molecule has 1 N–H and O–H groups in total. The topological polar surface area (TPSA) is 59.0 Å². The van der Waals surface area contributed by atoms with Gasteiger partial charge in [-0.1, -0.05) is 30.1 Å². The van der Waals surface area contributed by atoms with E-state index in [2.05, 4.69) is 11.8 Å². The number of hydrogen-bond acceptors (Lipinski definition) is 4. The summed E-state index contributed by atoms with van der Waals surface area (Å²) in [4.78, 5) is 13.5. The van der Waals surface area contributed by atoms with Crippen LogP contribution in [0.4, 0.5) is 0 Å². The van der Waals surface area contributed by atoms with Gasteiger partial charge in [0.15, 0.2) is 5.75 Å². The van der Waals surface area contributed by atoms with Crippen LogP contribution in [0.5, 0.6) is 5.75 Å². The van der Waals surface area contributed by atoms with Crippen molar-refractivity contribution in [2.75, 3.05) is 32.8 Å². The summed E-state index contributed by atoms with van der Waals surface area (Å²) in [6.45, 7) is 5.57. The van der Waals surface area contributed by atoms with Gasteiger partial charge in [0.2, 0.25) is 0 Å². The minimum atomic E-state index is -1.13. The zero-order valence-electron chi connectivity index (χ0n) is 11.6. The maximum atomic E-state index is 11.2. The highest BCUT2D eigenvalue weighted by molar-refractivity contribution is 6.36. The number of halogens is 2. The first-order valence-corrected chi connectivity index (χ1v) is 7.46. The smallest absolute Gasteiger partial charge is 0.339 e. The van der Waals surface area contributed by atoms with Gasteiger partial charge < -0.3 is 14.6 Å². The Kier molecular flexibility index (Phi) is 5.70. The Hall–Kier alpha value is -1.01. The zero-order chi connectivity index (χ0) is 15.4. The van der Waals surface area contributed by atoms with Crippen LogP contribution in [0.2, 0.25) is 10.0 Å². The Morgan fingerprint density at radius 3 is 2.95 bits per heavy atom. The molecule has 1 unspecified atom stereocenters. The normalized spacial score (nSPS) is 19.5. The number of benzene rings is 1. The Bertz CT molecular complexity index is 524. The van der Waals surface area contributed by atoms with Crippen LogP contribution in [-0.4, -0.2) is 54.9 Å². The maximum Gasteiger partial charge on any atom is 0.339 e. The minimum Gasteiger partial charge on any atom is -0.488 e. The first kappa shape index (κ1) is 16.4. The summed E-state index contributed by atoms with van der Waals surface area (Å²) >= 11 is 11.8. The summed E-state index contributed by atoms with van der Waals surface area (Å²) in [5, 5.41) is 9.64. The number of carbonyl (C=O) groups is 1. The lowest BCUT2D eigenvalue weighted by molar-refractivity contribution is -0.0465. The average Bonchev–Trinajstić information content (AvgIpc) is 2.45. The summed E-state index contributed by atoms with van der Waals surface area (Å²) in [5.74, 6) is -1.00. The predicted molar refractivity (Wildman–Crippen MR) is 80.8 cm³/mol. The molecule has 0 bridgehead atoms. The highest BCUT2D eigenvalue weighted by Gasteiger charge is 2.22. The van der Waals surface area contributed by atoms with Crippen molar-refractivity contribution in [3.63, 3.8) is 0 Å². The molecule has 0 saturated carbocycles. The van der Waals surface area contributed by atoms with Crippen LogP contribution in [0.25, 0.3) is 0 Å². The molecule has 5 nitrogen and oxygen atoms in total. The summed E-state index contributed by atoms with van der Waals surface area (Å²) in [6, 6.07) is 2.79. The standard InChI is InChI=1S/C14H17Cl2NO4/c1-2-17-3-4-20-10(7-17)8-21-13-11(14(18)19)5-9(15)6-12(13)16/h5-6,10H,2-4,7-8H2,1H3,(H,18,19). The van der Waals surface area contributed by atoms with Crippen LogP contribution in [0.1, 0.15) is 17.3 Å². The molecule has 7 heteroatoms. The predicted octanol–water partition coefficient (Wildman–Crippen LogP) is 2.79. The molecule has 21 heavy (non-hydrogen) atoms. The molecule has 1 aromatic carbocycles. The second-order valence-corrected chi connectivity index (χ2v) is 5.61. The molecule has 0 aliphatic carbocycles. The molecule has 0 radical (unpaired) electrons. The van der Waals surface area contributed by atoms with Crippen molar-refractivity contribution in [1.82, 2.24) is 4.90 Å². The van der Waals surface area contributed by atoms with Gasteiger partial charge in [-0.05, 0) is 18.7 Å². The van der Waals surface area contributed by atoms with Gasteiger partial charge in [-0.25, -0.2) is 4.79 Å². The van der Waals surface area contributed by atoms with Crippen molar-refractivity contribution >= 4 is 29.2 Å². The Morgan fingerprint density at radius 2 is 2.29 bits per heavy atom. The molecular formula is C14H17Cl2NO4. The second kappa shape index (κ2) is 7.31. The van der Waals surface area contributed by atoms with Crippen LogP contribution in [-0.2, 0) is 4.74 Å². The first-order valence-electron chi connectivity index (χ1n) is 6.70. The Balaban J connectivity index is 2.07. The largest absolute Gasteiger partial charge is 0.488 e. The van der Waals surface area contributed by atoms with Gasteiger partial charge in [-0.15, -0.1) is 0 Å². The van der Waals surface area contributed by atoms with E-state index < -0.39 is 5.97 Å². The first-order chi connectivity index (χ1) is 10.0. The summed E-state index contributed by atoms with van der Waals surface area (Å²) < 4.78 is 11.2. The number of aromatic carboxylic acids is 1. The number of carboxylic acids is 1. The fourth-order valence-corrected chi connectivity index (χ4v) is 2.76. The maximum absolute atomic E-state index is 11.2. The van der Waals surface area contributed by atoms with Gasteiger partial charge >= 0.3 is 5.97 Å². The number of carboxylic acid groups (broad SMARTS) is 1. The van der Waals surface area contributed by atoms with Crippen LogP contribution >= 0.6 is 23.2 Å². The molecule has 0 amide bonds. The lowest BCUT2D eigenvalue weighted by Crippen LogP contribution is -2.44. The van der Waals surface area contributed by atoms with Gasteiger partial charge in [0.05, 0.1) is 11.6 Å². The number of ether oxygens (including phenoxy) is 2. The quantitative estimate of drug-likeness (QED) is 0.897. The summed E-state index contributed by atoms with van der Waals surface area (Å²) in [5.41, 5.74) is -0.0457. The van der Waals surface area contributed by atoms with Gasteiger partial charge in [-0.3, -0.25) is 4.90 Å². The van der Waals surface area contributed by atoms with E-state index in [-0.39, 0.29) is 34.1 Å². The van der Waals surface area contributed by atoms with Crippen LogP contribution in [0.15, 0.2) is 12.1 Å². The monoisotopic (exact) mass is 333 g/mol. The summed E-state index contributed by atoms with van der Waals surface area (Å²) in [7, 11) is 0. The third kappa shape index (κ3) is 4.23. The van der Waals surface area contributed by atoms with E-state index in [0.717, 1.165) is 19.6 Å². The van der Waals surface area contributed by atoms with Crippen molar-refractivity contribution in [3.05, 3.63) is 27.7 Å². The number of hydrogen-bond donors (Lipinski definition) is 1. The molecule has 1 aliphatic rings. The molecule has 1 heterocycles. The molecule has 1 aliphatic heterocycles. The minimum absolute atomic E-state index is 0.0457. The van der Waals surface area contributed by atoms with Crippen molar-refractivity contribution in [1.29, 1.82) is 0 Å². The van der Waals surface area contributed by atoms with Gasteiger partial charge in [-0.2, -0.15) is 0 Å². The fraction of sp³-hybridized carbons (Fsp3) is 0.500. The van der Waals surface area contributed by atoms with Crippen LogP contribution in [0.3, 0.4) is 0 Å². The van der Waals surface area contributed by atoms with Crippen molar-refractivity contribution < 1.29 is 19.4 Å². The van der Waals surface area contributed by atoms with Crippen molar-refractivity contribution in [2.45, 2.75) is 13.0 Å². The molecule has 1 fully saturated rings. The van der Waals surface area contributed by atoms with E-state index in [0.29, 0.717) is 6.61 Å². The highest BCUT2D eigenvalue weighted by Crippen LogP contribution is 2.32. The second-order valence-electron chi connectivity index (χ2n) is 4.77. The molecule has 1 atom stereocenters. The molecular weight excluding hydrogens is 317 g/mol. The van der Waals surface area contributed by atoms with E-state index >= 15 is 0 Å². The molecule has 1 aromatic rings. The number of nitrogens with zero attached hydrogens (tertiary/aromatic N) is 1. The van der Waals surface area contributed by atoms with Crippen LogP contribution < -0.4 is 4.74 Å². The third-order valence-electron chi connectivity index (χ3n) is 3.32. The van der Waals surface area contributed by atoms with E-state index in [1.807, 2.05) is 0 Å². The lowest BCUT2D eigenvalue weighted by atomic mass is 10.2. The average molecular weight is 334 g/mol. The Labute approximate surface area is 133 Å². The van der Waals surface area contributed by atoms with E-state index in [1.54, 1.807) is 0 Å². The van der Waals surface area contributed by atoms with Gasteiger partial charge in [0.25, 0.3) is 0 Å². The molecule has 1 saturated heterocycles. The molecule has 2 rings (SSSR count). The Morgan fingerprint density at radius 1 is 1.52 bits per heavy atom. The van der Waals surface area contributed by atoms with Crippen molar-refractivity contribution in [3.8, 4) is 5.75 Å². The molecule has 0 aromatic heterocycles. The number of morpholine rings is 1. The highest BCUT2D eigenvalue weighted by atomic mass is 35.5. The third-order valence-corrected chi connectivity index (χ3v) is 3.82. The van der Waals surface area contributed by atoms with Gasteiger partial charge in [0.1, 0.15) is 18.3 Å². The number of rotatable bonds is 5. The van der Waals surface area contributed by atoms with Crippen LogP contribution in [0, 0.1) is 0 Å². The SMILES string of the molecule is CCN1CCOC(COc2c(Cl)cc(Cl)cc2C(=O)O)C1. The molecule has 116 valence electrons. The van der Waals surface area contributed by atoms with E-state index in [9.17, 15) is 9.90 Å². The van der Waals surface area contributed by atoms with Gasteiger partial charge in [0, 0.05) is 18.1 Å². The van der Waals surface area contributed by atoms with E-state index in [1.165, 1.54) is 12.1 Å². The zero-order valence-corrected chi connectivity index (χ0v) is 13.2. The fourth-order valence-electron chi connectivity index (χ4n) is 2.21. The summed E-state index contributed by atoms with van der Waals surface area (Å²) in [6.07, 6.45) is -0.105. The van der Waals surface area contributed by atoms with Crippen molar-refractivity contribution in [2.24, 2.45) is 0 Å². The lowest BCUT2D eigenvalue weighted by Gasteiger charge is -2.32. The molecule has 0 spiro atoms. The van der Waals surface area contributed by atoms with E-state index in [4.69, 9.17) is 32.7 Å².